The van der Waals surface area contributed by atoms with Crippen molar-refractivity contribution in [2.24, 2.45) is 5.92 Å². The first-order chi connectivity index (χ1) is 14.9. The molecule has 0 spiro atoms. The fraction of sp³-hybridized carbons (Fsp3) is 0.273. The predicted octanol–water partition coefficient (Wildman–Crippen LogP) is 6.70. The molecule has 5 nitrogen and oxygen atoms in total. The van der Waals surface area contributed by atoms with E-state index in [0.29, 0.717) is 37.4 Å². The molecular weight excluding hydrogens is 471 g/mol. The standard InChI is InChI=1S/C22H20Cl2N4OS2/c1-13(2)9-16-5-3-15(11-25)21(26-16)30-8-7-20(29)28-22-27-19(12-31-22)14-4-6-17(23)18(24)10-14/h3-6,10,12-13H,7-9H2,1-2H3,(H,27,28,29). The summed E-state index contributed by atoms with van der Waals surface area (Å²) in [4.78, 5) is 21.4. The Morgan fingerprint density at radius 1 is 1.23 bits per heavy atom. The molecule has 1 aromatic carbocycles. The number of nitrogens with zero attached hydrogens (tertiary/aromatic N) is 3. The third-order valence-corrected chi connectivity index (χ3v) is 6.68. The van der Waals surface area contributed by atoms with Gasteiger partial charge in [0.1, 0.15) is 11.1 Å². The smallest absolute Gasteiger partial charge is 0.226 e. The topological polar surface area (TPSA) is 78.7 Å². The number of pyridine rings is 1. The Hall–Kier alpha value is -2.11. The van der Waals surface area contributed by atoms with Gasteiger partial charge in [-0.05, 0) is 36.6 Å². The normalized spacial score (nSPS) is 10.8. The molecule has 0 aliphatic heterocycles. The molecule has 2 aromatic heterocycles. The van der Waals surface area contributed by atoms with E-state index in [-0.39, 0.29) is 12.3 Å². The Bertz CT molecular complexity index is 1120. The van der Waals surface area contributed by atoms with Crippen LogP contribution in [0.25, 0.3) is 11.3 Å². The van der Waals surface area contributed by atoms with E-state index in [4.69, 9.17) is 23.2 Å². The maximum atomic E-state index is 12.3. The van der Waals surface area contributed by atoms with E-state index in [2.05, 4.69) is 35.2 Å². The quantitative estimate of drug-likeness (QED) is 0.355. The highest BCUT2D eigenvalue weighted by molar-refractivity contribution is 7.99. The van der Waals surface area contributed by atoms with Crippen molar-refractivity contribution in [1.29, 1.82) is 5.26 Å². The molecule has 0 saturated carbocycles. The molecule has 0 unspecified atom stereocenters. The summed E-state index contributed by atoms with van der Waals surface area (Å²) in [5.41, 5.74) is 3.04. The number of rotatable bonds is 8. The van der Waals surface area contributed by atoms with E-state index in [1.165, 1.54) is 23.1 Å². The zero-order chi connectivity index (χ0) is 22.4. The lowest BCUT2D eigenvalue weighted by Crippen LogP contribution is -2.12. The maximum absolute atomic E-state index is 12.3. The Morgan fingerprint density at radius 2 is 2.03 bits per heavy atom. The van der Waals surface area contributed by atoms with Gasteiger partial charge in [0.2, 0.25) is 5.91 Å². The summed E-state index contributed by atoms with van der Waals surface area (Å²) in [6, 6.07) is 11.2. The van der Waals surface area contributed by atoms with Gasteiger partial charge in [-0.15, -0.1) is 23.1 Å². The first-order valence-corrected chi connectivity index (χ1v) is 12.2. The van der Waals surface area contributed by atoms with E-state index in [9.17, 15) is 10.1 Å². The second-order valence-corrected chi connectivity index (χ2v) is 9.93. The summed E-state index contributed by atoms with van der Waals surface area (Å²) >= 11 is 14.8. The van der Waals surface area contributed by atoms with Gasteiger partial charge < -0.3 is 5.32 Å². The van der Waals surface area contributed by atoms with E-state index in [1.807, 2.05) is 17.5 Å². The number of hydrogen-bond acceptors (Lipinski definition) is 6. The lowest BCUT2D eigenvalue weighted by atomic mass is 10.1. The Balaban J connectivity index is 1.56. The monoisotopic (exact) mass is 490 g/mol. The third kappa shape index (κ3) is 6.68. The number of halogens is 2. The molecule has 1 N–H and O–H groups in total. The zero-order valence-electron chi connectivity index (χ0n) is 17.0. The molecule has 0 aliphatic rings. The maximum Gasteiger partial charge on any atom is 0.226 e. The summed E-state index contributed by atoms with van der Waals surface area (Å²) in [7, 11) is 0. The van der Waals surface area contributed by atoms with Crippen LogP contribution in [0, 0.1) is 17.2 Å². The van der Waals surface area contributed by atoms with Crippen LogP contribution in [0.15, 0.2) is 40.7 Å². The molecule has 0 saturated heterocycles. The SMILES string of the molecule is CC(C)Cc1ccc(C#N)c(SCCC(=O)Nc2nc(-c3ccc(Cl)c(Cl)c3)cs2)n1. The highest BCUT2D eigenvalue weighted by atomic mass is 35.5. The minimum atomic E-state index is -0.139. The van der Waals surface area contributed by atoms with Gasteiger partial charge in [-0.2, -0.15) is 5.26 Å². The van der Waals surface area contributed by atoms with Crippen LogP contribution in [0.3, 0.4) is 0 Å². The van der Waals surface area contributed by atoms with E-state index in [0.717, 1.165) is 23.4 Å². The van der Waals surface area contributed by atoms with E-state index in [1.54, 1.807) is 18.2 Å². The molecule has 2 heterocycles. The molecule has 3 aromatic rings. The second-order valence-electron chi connectivity index (χ2n) is 7.18. The molecule has 0 bridgehead atoms. The number of carbonyl (C=O) groups is 1. The molecule has 1 amide bonds. The molecule has 0 aliphatic carbocycles. The van der Waals surface area contributed by atoms with Crippen LogP contribution in [-0.2, 0) is 11.2 Å². The van der Waals surface area contributed by atoms with Crippen molar-refractivity contribution < 1.29 is 4.79 Å². The van der Waals surface area contributed by atoms with Crippen LogP contribution in [0.4, 0.5) is 5.13 Å². The van der Waals surface area contributed by atoms with Crippen LogP contribution < -0.4 is 5.32 Å². The predicted molar refractivity (Wildman–Crippen MR) is 129 cm³/mol. The van der Waals surface area contributed by atoms with Gasteiger partial charge >= 0.3 is 0 Å². The molecule has 0 atom stereocenters. The average molecular weight is 491 g/mol. The van der Waals surface area contributed by atoms with Crippen LogP contribution in [0.5, 0.6) is 0 Å². The third-order valence-electron chi connectivity index (χ3n) is 4.19. The van der Waals surface area contributed by atoms with Gasteiger partial charge in [-0.25, -0.2) is 9.97 Å². The highest BCUT2D eigenvalue weighted by Gasteiger charge is 2.12. The van der Waals surface area contributed by atoms with Gasteiger partial charge in [-0.3, -0.25) is 4.79 Å². The second kappa shape index (κ2) is 11.0. The first kappa shape index (κ1) is 23.6. The fourth-order valence-corrected chi connectivity index (χ4v) is 4.71. The molecule has 9 heteroatoms. The van der Waals surface area contributed by atoms with Gasteiger partial charge in [-0.1, -0.05) is 43.1 Å². The van der Waals surface area contributed by atoms with Gasteiger partial charge in [0.05, 0.1) is 21.3 Å². The Kier molecular flexibility index (Phi) is 8.33. The number of benzene rings is 1. The summed E-state index contributed by atoms with van der Waals surface area (Å²) in [5.74, 6) is 0.861. The van der Waals surface area contributed by atoms with Crippen LogP contribution in [-0.4, -0.2) is 21.6 Å². The minimum Gasteiger partial charge on any atom is -0.302 e. The summed E-state index contributed by atoms with van der Waals surface area (Å²) in [6.45, 7) is 4.26. The molecule has 0 fully saturated rings. The number of carbonyl (C=O) groups excluding carboxylic acids is 1. The highest BCUT2D eigenvalue weighted by Crippen LogP contribution is 2.30. The number of nitriles is 1. The minimum absolute atomic E-state index is 0.139. The largest absolute Gasteiger partial charge is 0.302 e. The number of thiazole rings is 1. The van der Waals surface area contributed by atoms with Crippen molar-refractivity contribution in [1.82, 2.24) is 9.97 Å². The summed E-state index contributed by atoms with van der Waals surface area (Å²) in [5, 5.41) is 16.1. The van der Waals surface area contributed by atoms with E-state index >= 15 is 0 Å². The Labute approximate surface area is 199 Å². The van der Waals surface area contributed by atoms with Gasteiger partial charge in [0.25, 0.3) is 0 Å². The summed E-state index contributed by atoms with van der Waals surface area (Å²) in [6.07, 6.45) is 1.14. The fourth-order valence-electron chi connectivity index (χ4n) is 2.75. The number of nitrogens with one attached hydrogen (secondary N) is 1. The molecule has 3 rings (SSSR count). The number of hydrogen-bond donors (Lipinski definition) is 1. The number of amides is 1. The van der Waals surface area contributed by atoms with Gasteiger partial charge in [0.15, 0.2) is 5.13 Å². The molecule has 31 heavy (non-hydrogen) atoms. The number of thioether (sulfide) groups is 1. The van der Waals surface area contributed by atoms with Crippen molar-refractivity contribution in [3.63, 3.8) is 0 Å². The van der Waals surface area contributed by atoms with Crippen molar-refractivity contribution in [2.45, 2.75) is 31.7 Å². The van der Waals surface area contributed by atoms with Crippen molar-refractivity contribution in [3.8, 4) is 17.3 Å². The Morgan fingerprint density at radius 3 is 2.74 bits per heavy atom. The van der Waals surface area contributed by atoms with Crippen LogP contribution >= 0.6 is 46.3 Å². The molecule has 0 radical (unpaired) electrons. The van der Waals surface area contributed by atoms with Crippen LogP contribution in [0.2, 0.25) is 10.0 Å². The zero-order valence-corrected chi connectivity index (χ0v) is 20.1. The average Bonchev–Trinajstić information content (AvgIpc) is 3.18. The van der Waals surface area contributed by atoms with Gasteiger partial charge in [0, 0.05) is 28.8 Å². The lowest BCUT2D eigenvalue weighted by Gasteiger charge is -2.08. The number of anilines is 1. The summed E-state index contributed by atoms with van der Waals surface area (Å²) < 4.78 is 0. The van der Waals surface area contributed by atoms with Crippen LogP contribution in [0.1, 0.15) is 31.5 Å². The first-order valence-electron chi connectivity index (χ1n) is 9.59. The van der Waals surface area contributed by atoms with Crippen molar-refractivity contribution in [2.75, 3.05) is 11.1 Å². The lowest BCUT2D eigenvalue weighted by molar-refractivity contribution is -0.115. The van der Waals surface area contributed by atoms with Crippen molar-refractivity contribution >= 4 is 57.3 Å². The molecular formula is C22H20Cl2N4OS2. The molecule has 160 valence electrons. The number of aromatic nitrogens is 2. The van der Waals surface area contributed by atoms with Crippen molar-refractivity contribution in [3.05, 3.63) is 57.0 Å². The van der Waals surface area contributed by atoms with E-state index < -0.39 is 0 Å².